The minimum absolute atomic E-state index is 0.0480. The zero-order chi connectivity index (χ0) is 35.6. The standard InChI is InChI=1S/C51H76P2Si/c1-54(2,3)47-5-4-37(27-52(48-38-10-29-6-30(12-38)13-39(48)11-29)49-40-14-31-7-32(16-40)17-41(49)15-31)46(26-47)28-53(50-42-18-33-8-34(20-42)21-43(50)19-33)51-44-22-35-9-36(24-44)25-45(51)23-35/h4-5,26,29-36,38-45,48-51H,6-25,27-28H2,1-3H3. The summed E-state index contributed by atoms with van der Waals surface area (Å²) in [6, 6.07) is 8.62. The van der Waals surface area contributed by atoms with Crippen molar-refractivity contribution in [1.29, 1.82) is 0 Å². The van der Waals surface area contributed by atoms with Gasteiger partial charge in [0.15, 0.2) is 0 Å². The lowest BCUT2D eigenvalue weighted by atomic mass is 9.55. The molecule has 0 unspecified atom stereocenters. The van der Waals surface area contributed by atoms with Gasteiger partial charge >= 0.3 is 0 Å². The molecule has 0 atom stereocenters. The van der Waals surface area contributed by atoms with Crippen molar-refractivity contribution in [1.82, 2.24) is 0 Å². The highest BCUT2D eigenvalue weighted by Gasteiger charge is 2.59. The Labute approximate surface area is 334 Å². The van der Waals surface area contributed by atoms with Crippen LogP contribution in [0.4, 0.5) is 0 Å². The van der Waals surface area contributed by atoms with E-state index >= 15 is 0 Å². The van der Waals surface area contributed by atoms with Crippen LogP contribution in [0.15, 0.2) is 18.2 Å². The molecular weight excluding hydrogens is 703 g/mol. The molecule has 0 aliphatic heterocycles. The minimum Gasteiger partial charge on any atom is -0.0947 e. The molecule has 16 saturated carbocycles. The first kappa shape index (κ1) is 35.1. The predicted octanol–water partition coefficient (Wildman–Crippen LogP) is 13.5. The van der Waals surface area contributed by atoms with Crippen LogP contribution in [0.3, 0.4) is 0 Å². The first-order valence-corrected chi connectivity index (χ1v) is 31.7. The molecule has 16 bridgehead atoms. The Kier molecular flexibility index (Phi) is 8.38. The zero-order valence-electron chi connectivity index (χ0n) is 34.7. The van der Waals surface area contributed by atoms with E-state index in [2.05, 4.69) is 37.8 Å². The van der Waals surface area contributed by atoms with E-state index in [4.69, 9.17) is 0 Å². The SMILES string of the molecule is C[Si](C)(C)c1ccc(CP(C2C3CC4CC(C3)CC2C4)C2C3CC4CC(C3)CC2C4)c(CP(C2C3CC4CC(C3)CC2C4)C2C3CC4CC(C3)CC2C4)c1. The van der Waals surface area contributed by atoms with Crippen molar-refractivity contribution in [2.75, 3.05) is 0 Å². The van der Waals surface area contributed by atoms with Gasteiger partial charge in [-0.3, -0.25) is 0 Å². The predicted molar refractivity (Wildman–Crippen MR) is 234 cm³/mol. The molecule has 0 saturated heterocycles. The molecule has 0 heterocycles. The summed E-state index contributed by atoms with van der Waals surface area (Å²) in [7, 11) is -1.30. The van der Waals surface area contributed by atoms with E-state index < -0.39 is 8.07 Å². The molecule has 294 valence electrons. The van der Waals surface area contributed by atoms with Crippen molar-refractivity contribution in [3.8, 4) is 0 Å². The topological polar surface area (TPSA) is 0 Å². The van der Waals surface area contributed by atoms with E-state index in [9.17, 15) is 0 Å². The second-order valence-corrected chi connectivity index (χ2v) is 35.4. The summed E-state index contributed by atoms with van der Waals surface area (Å²) in [5, 5.41) is 1.81. The fourth-order valence-electron chi connectivity index (χ4n) is 20.4. The van der Waals surface area contributed by atoms with Crippen molar-refractivity contribution >= 4 is 29.1 Å². The molecular formula is C51H76P2Si. The lowest BCUT2D eigenvalue weighted by molar-refractivity contribution is 0.0127. The highest BCUT2D eigenvalue weighted by molar-refractivity contribution is 7.59. The Morgan fingerprint density at radius 3 is 0.889 bits per heavy atom. The van der Waals surface area contributed by atoms with E-state index in [0.717, 1.165) is 117 Å². The molecule has 1 aromatic carbocycles. The van der Waals surface area contributed by atoms with E-state index in [0.29, 0.717) is 0 Å². The zero-order valence-corrected chi connectivity index (χ0v) is 37.5. The lowest BCUT2D eigenvalue weighted by Gasteiger charge is -2.62. The summed E-state index contributed by atoms with van der Waals surface area (Å²) in [4.78, 5) is 0. The van der Waals surface area contributed by atoms with E-state index in [1.807, 2.05) is 11.1 Å². The van der Waals surface area contributed by atoms with Gasteiger partial charge in [-0.1, -0.05) is 58.9 Å². The summed E-state index contributed by atoms with van der Waals surface area (Å²) in [5.74, 6) is 17.9. The second kappa shape index (κ2) is 12.9. The highest BCUT2D eigenvalue weighted by atomic mass is 31.1. The molecule has 16 aliphatic carbocycles. The van der Waals surface area contributed by atoms with E-state index in [1.165, 1.54) is 0 Å². The average Bonchev–Trinajstić information content (AvgIpc) is 3.10. The molecule has 0 aromatic heterocycles. The van der Waals surface area contributed by atoms with Crippen LogP contribution < -0.4 is 5.19 Å². The van der Waals surface area contributed by atoms with Crippen LogP contribution in [-0.2, 0) is 12.3 Å². The fraction of sp³-hybridized carbons (Fsp3) is 0.882. The van der Waals surface area contributed by atoms with Crippen LogP contribution in [0.2, 0.25) is 19.6 Å². The van der Waals surface area contributed by atoms with Gasteiger partial charge in [-0.15, -0.1) is 0 Å². The van der Waals surface area contributed by atoms with Crippen molar-refractivity contribution in [3.05, 3.63) is 29.3 Å². The third kappa shape index (κ3) is 5.71. The molecule has 54 heavy (non-hydrogen) atoms. The van der Waals surface area contributed by atoms with Crippen molar-refractivity contribution < 1.29 is 0 Å². The van der Waals surface area contributed by atoms with Crippen molar-refractivity contribution in [2.45, 2.75) is 183 Å². The van der Waals surface area contributed by atoms with Crippen LogP contribution in [0.5, 0.6) is 0 Å². The van der Waals surface area contributed by atoms with Crippen LogP contribution in [-0.4, -0.2) is 30.7 Å². The normalized spacial score (nSPS) is 53.8. The van der Waals surface area contributed by atoms with Crippen molar-refractivity contribution in [2.24, 2.45) is 94.7 Å². The number of rotatable bonds is 9. The molecule has 0 nitrogen and oxygen atoms in total. The summed E-state index contributed by atoms with van der Waals surface area (Å²) >= 11 is 0. The first-order valence-electron chi connectivity index (χ1n) is 24.9. The average molecular weight is 779 g/mol. The van der Waals surface area contributed by atoms with Crippen LogP contribution in [0, 0.1) is 94.7 Å². The second-order valence-electron chi connectivity index (χ2n) is 25.3. The maximum Gasteiger partial charge on any atom is 0.0776 e. The van der Waals surface area contributed by atoms with Gasteiger partial charge < -0.3 is 0 Å². The van der Waals surface area contributed by atoms with Gasteiger partial charge in [0.1, 0.15) is 0 Å². The quantitative estimate of drug-likeness (QED) is 0.173. The Bertz CT molecular complexity index is 1420. The summed E-state index contributed by atoms with van der Waals surface area (Å²) in [6.45, 7) is 8.00. The van der Waals surface area contributed by atoms with Gasteiger partial charge in [0.2, 0.25) is 0 Å². The molecule has 0 amide bonds. The van der Waals surface area contributed by atoms with Gasteiger partial charge in [-0.2, -0.15) is 0 Å². The lowest BCUT2D eigenvalue weighted by Crippen LogP contribution is -2.53. The third-order valence-corrected chi connectivity index (χ3v) is 30.9. The summed E-state index contributed by atoms with van der Waals surface area (Å²) < 4.78 is 0. The molecule has 0 spiro atoms. The largest absolute Gasteiger partial charge is 0.0947 e. The molecule has 3 heteroatoms. The molecule has 16 aliphatic rings. The van der Waals surface area contributed by atoms with Gasteiger partial charge in [-0.25, -0.2) is 0 Å². The monoisotopic (exact) mass is 779 g/mol. The summed E-state index contributed by atoms with van der Waals surface area (Å²) in [6.07, 6.45) is 36.0. The van der Waals surface area contributed by atoms with E-state index in [1.54, 1.807) is 146 Å². The molecule has 0 N–H and O–H groups in total. The number of hydrogen-bond donors (Lipinski definition) is 0. The Balaban J connectivity index is 0.902. The Morgan fingerprint density at radius 2 is 0.630 bits per heavy atom. The third-order valence-electron chi connectivity index (χ3n) is 21.0. The Morgan fingerprint density at radius 1 is 0.370 bits per heavy atom. The van der Waals surface area contributed by atoms with Crippen LogP contribution in [0.25, 0.3) is 0 Å². The molecule has 16 fully saturated rings. The maximum atomic E-state index is 2.99. The maximum absolute atomic E-state index is 2.99. The minimum atomic E-state index is -1.40. The molecule has 17 rings (SSSR count). The summed E-state index contributed by atoms with van der Waals surface area (Å²) in [5.41, 5.74) is 8.49. The number of hydrogen-bond acceptors (Lipinski definition) is 0. The fourth-order valence-corrected chi connectivity index (χ4v) is 30.9. The highest BCUT2D eigenvalue weighted by Crippen LogP contribution is 2.74. The molecule has 0 radical (unpaired) electrons. The smallest absolute Gasteiger partial charge is 0.0776 e. The molecule has 1 aromatic rings. The Hall–Kier alpha value is 0.297. The van der Waals surface area contributed by atoms with Gasteiger partial charge in [-0.05, 0) is 269 Å². The van der Waals surface area contributed by atoms with Gasteiger partial charge in [0.25, 0.3) is 0 Å². The van der Waals surface area contributed by atoms with Gasteiger partial charge in [0.05, 0.1) is 8.07 Å². The van der Waals surface area contributed by atoms with E-state index in [-0.39, 0.29) is 15.8 Å². The van der Waals surface area contributed by atoms with Gasteiger partial charge in [0, 0.05) is 0 Å². The van der Waals surface area contributed by atoms with Crippen LogP contribution in [0.1, 0.15) is 140 Å². The van der Waals surface area contributed by atoms with Crippen LogP contribution >= 0.6 is 15.8 Å². The number of benzene rings is 1. The van der Waals surface area contributed by atoms with Crippen molar-refractivity contribution in [3.63, 3.8) is 0 Å². The first-order chi connectivity index (χ1) is 26.2.